The molecule has 1 unspecified atom stereocenters. The van der Waals surface area contributed by atoms with Gasteiger partial charge in [-0.15, -0.1) is 3.89 Å². The smallest absolute Gasteiger partial charge is 0.332 e. The van der Waals surface area contributed by atoms with Gasteiger partial charge in [0.15, 0.2) is 0 Å². The van der Waals surface area contributed by atoms with E-state index in [4.69, 9.17) is 0 Å². The van der Waals surface area contributed by atoms with Crippen LogP contribution >= 0.6 is 0 Å². The predicted octanol–water partition coefficient (Wildman–Crippen LogP) is 6.51. The number of hydrogen-bond donors (Lipinski definition) is 0. The van der Waals surface area contributed by atoms with E-state index in [1.807, 2.05) is 4.90 Å². The molecule has 6 heteroatoms. The molecule has 0 aliphatic carbocycles. The van der Waals surface area contributed by atoms with E-state index in [2.05, 4.69) is 20.8 Å². The summed E-state index contributed by atoms with van der Waals surface area (Å²) in [6, 6.07) is 5.39. The normalized spacial score (nSPS) is 12.7. The number of hydrogen-bond acceptors (Lipinski definition) is 3. The van der Waals surface area contributed by atoms with Crippen LogP contribution in [0.4, 0.5) is 3.89 Å². The molecule has 1 atom stereocenters. The number of halogens is 1. The summed E-state index contributed by atoms with van der Waals surface area (Å²) in [6.45, 7) is 7.17. The number of rotatable bonds is 15. The molecule has 1 aromatic carbocycles. The molecule has 0 fully saturated rings. The number of amides is 1. The fourth-order valence-electron chi connectivity index (χ4n) is 3.58. The maximum absolute atomic E-state index is 13.2. The summed E-state index contributed by atoms with van der Waals surface area (Å²) in [5.74, 6) is -0.0871. The minimum atomic E-state index is -4.75. The fourth-order valence-corrected chi connectivity index (χ4v) is 4.04. The second-order valence-electron chi connectivity index (χ2n) is 7.81. The Bertz CT molecular complexity index is 689. The van der Waals surface area contributed by atoms with Crippen LogP contribution in [0.2, 0.25) is 0 Å². The average molecular weight is 428 g/mol. The number of nitrogens with zero attached hydrogens (tertiary/aromatic N) is 1. The third-order valence-electron chi connectivity index (χ3n) is 5.37. The van der Waals surface area contributed by atoms with Crippen molar-refractivity contribution in [1.82, 2.24) is 4.90 Å². The number of unbranched alkanes of at least 4 members (excludes halogenated alkanes) is 6. The van der Waals surface area contributed by atoms with Crippen molar-refractivity contribution in [1.29, 1.82) is 0 Å². The van der Waals surface area contributed by atoms with Gasteiger partial charge in [0.1, 0.15) is 0 Å². The minimum absolute atomic E-state index is 0.0871. The lowest BCUT2D eigenvalue weighted by Gasteiger charge is -2.32. The lowest BCUT2D eigenvalue weighted by atomic mass is 9.99. The van der Waals surface area contributed by atoms with Crippen LogP contribution in [0.15, 0.2) is 29.2 Å². The molecular weight excluding hydrogens is 389 g/mol. The second kappa shape index (κ2) is 13.7. The SMILES string of the molecule is CCCCCCCC(CCCC)N(CCCC)C(=O)c1ccc(S(=O)(=O)F)cc1. The van der Waals surface area contributed by atoms with Gasteiger partial charge in [0.25, 0.3) is 5.91 Å². The average Bonchev–Trinajstić information content (AvgIpc) is 2.70. The molecule has 0 saturated heterocycles. The zero-order valence-corrected chi connectivity index (χ0v) is 19.1. The lowest BCUT2D eigenvalue weighted by Crippen LogP contribution is -2.41. The summed E-state index contributed by atoms with van der Waals surface area (Å²) in [5.41, 5.74) is 0.418. The molecule has 4 nitrogen and oxygen atoms in total. The van der Waals surface area contributed by atoms with E-state index in [1.165, 1.54) is 49.9 Å². The van der Waals surface area contributed by atoms with Crippen LogP contribution in [0.25, 0.3) is 0 Å². The standard InChI is InChI=1S/C23H38FNO3S/c1-4-7-10-11-12-14-21(13-8-5-2)25(19-9-6-3)23(26)20-15-17-22(18-16-20)29(24,27)28/h15-18,21H,4-14,19H2,1-3H3. The number of carbonyl (C=O) groups excluding carboxylic acids is 1. The van der Waals surface area contributed by atoms with Crippen molar-refractivity contribution in [3.8, 4) is 0 Å². The Morgan fingerprint density at radius 2 is 1.41 bits per heavy atom. The van der Waals surface area contributed by atoms with Crippen molar-refractivity contribution in [2.24, 2.45) is 0 Å². The van der Waals surface area contributed by atoms with E-state index in [1.54, 1.807) is 0 Å². The van der Waals surface area contributed by atoms with Crippen LogP contribution in [0.3, 0.4) is 0 Å². The van der Waals surface area contributed by atoms with Crippen molar-refractivity contribution in [2.45, 2.75) is 102 Å². The van der Waals surface area contributed by atoms with Crippen molar-refractivity contribution in [3.05, 3.63) is 29.8 Å². The Kier molecular flexibility index (Phi) is 12.1. The Balaban J connectivity index is 2.96. The fraction of sp³-hybridized carbons (Fsp3) is 0.696. The van der Waals surface area contributed by atoms with E-state index >= 15 is 0 Å². The Morgan fingerprint density at radius 1 is 0.862 bits per heavy atom. The first-order valence-electron chi connectivity index (χ1n) is 11.2. The minimum Gasteiger partial charge on any atom is -0.336 e. The van der Waals surface area contributed by atoms with Gasteiger partial charge in [0.05, 0.1) is 4.90 Å². The van der Waals surface area contributed by atoms with Crippen molar-refractivity contribution >= 4 is 16.1 Å². The van der Waals surface area contributed by atoms with E-state index < -0.39 is 15.1 Å². The van der Waals surface area contributed by atoms with Crippen LogP contribution in [0.5, 0.6) is 0 Å². The highest BCUT2D eigenvalue weighted by molar-refractivity contribution is 7.86. The Hall–Kier alpha value is -1.43. The zero-order valence-electron chi connectivity index (χ0n) is 18.3. The van der Waals surface area contributed by atoms with Gasteiger partial charge >= 0.3 is 10.2 Å². The molecule has 0 aromatic heterocycles. The third-order valence-corrected chi connectivity index (χ3v) is 6.20. The molecule has 1 rings (SSSR count). The molecule has 1 aromatic rings. The monoisotopic (exact) mass is 427 g/mol. The summed E-state index contributed by atoms with van der Waals surface area (Å²) in [7, 11) is -4.75. The van der Waals surface area contributed by atoms with Gasteiger partial charge in [0.2, 0.25) is 0 Å². The largest absolute Gasteiger partial charge is 0.336 e. The summed E-state index contributed by atoms with van der Waals surface area (Å²) >= 11 is 0. The van der Waals surface area contributed by atoms with E-state index in [9.17, 15) is 17.1 Å². The molecule has 0 saturated carbocycles. The quantitative estimate of drug-likeness (QED) is 0.237. The predicted molar refractivity (Wildman–Crippen MR) is 117 cm³/mol. The van der Waals surface area contributed by atoms with Crippen LogP contribution in [-0.2, 0) is 10.2 Å². The number of benzene rings is 1. The molecular formula is C23H38FNO3S. The van der Waals surface area contributed by atoms with E-state index in [0.717, 1.165) is 44.9 Å². The van der Waals surface area contributed by atoms with Crippen LogP contribution in [-0.4, -0.2) is 31.8 Å². The molecule has 0 N–H and O–H groups in total. The molecule has 166 valence electrons. The Labute approximate surface area is 177 Å². The summed E-state index contributed by atoms with van der Waals surface area (Å²) in [4.78, 5) is 14.8. The third kappa shape index (κ3) is 9.28. The topological polar surface area (TPSA) is 54.5 Å². The molecule has 1 amide bonds. The van der Waals surface area contributed by atoms with Gasteiger partial charge in [-0.3, -0.25) is 4.79 Å². The van der Waals surface area contributed by atoms with Crippen LogP contribution < -0.4 is 0 Å². The van der Waals surface area contributed by atoms with Gasteiger partial charge in [-0.2, -0.15) is 8.42 Å². The van der Waals surface area contributed by atoms with Crippen molar-refractivity contribution < 1.29 is 17.1 Å². The molecule has 0 radical (unpaired) electrons. The second-order valence-corrected chi connectivity index (χ2v) is 9.16. The maximum atomic E-state index is 13.2. The summed E-state index contributed by atoms with van der Waals surface area (Å²) in [5, 5.41) is 0. The van der Waals surface area contributed by atoms with Gasteiger partial charge in [0, 0.05) is 18.2 Å². The highest BCUT2D eigenvalue weighted by atomic mass is 32.3. The van der Waals surface area contributed by atoms with Gasteiger partial charge < -0.3 is 4.90 Å². The van der Waals surface area contributed by atoms with Crippen LogP contribution in [0, 0.1) is 0 Å². The molecule has 0 bridgehead atoms. The van der Waals surface area contributed by atoms with Gasteiger partial charge in [-0.1, -0.05) is 72.1 Å². The van der Waals surface area contributed by atoms with Crippen LogP contribution in [0.1, 0.15) is 102 Å². The molecule has 0 aliphatic heterocycles. The molecule has 0 spiro atoms. The first-order chi connectivity index (χ1) is 13.8. The molecule has 0 aliphatic rings. The highest BCUT2D eigenvalue weighted by Gasteiger charge is 2.24. The highest BCUT2D eigenvalue weighted by Crippen LogP contribution is 2.22. The summed E-state index contributed by atoms with van der Waals surface area (Å²) < 4.78 is 35.2. The first kappa shape index (κ1) is 25.6. The number of carbonyl (C=O) groups is 1. The van der Waals surface area contributed by atoms with Gasteiger partial charge in [-0.25, -0.2) is 0 Å². The molecule has 29 heavy (non-hydrogen) atoms. The zero-order chi connectivity index (χ0) is 21.7. The van der Waals surface area contributed by atoms with E-state index in [-0.39, 0.29) is 11.9 Å². The van der Waals surface area contributed by atoms with E-state index in [0.29, 0.717) is 12.1 Å². The van der Waals surface area contributed by atoms with Crippen molar-refractivity contribution in [2.75, 3.05) is 6.54 Å². The van der Waals surface area contributed by atoms with Crippen molar-refractivity contribution in [3.63, 3.8) is 0 Å². The molecule has 0 heterocycles. The summed E-state index contributed by atoms with van der Waals surface area (Å²) in [6.07, 6.45) is 12.1. The maximum Gasteiger partial charge on any atom is 0.332 e. The lowest BCUT2D eigenvalue weighted by molar-refractivity contribution is 0.0648. The Morgan fingerprint density at radius 3 is 1.97 bits per heavy atom. The van der Waals surface area contributed by atoms with Gasteiger partial charge in [-0.05, 0) is 43.5 Å². The first-order valence-corrected chi connectivity index (χ1v) is 12.6.